The lowest BCUT2D eigenvalue weighted by molar-refractivity contribution is -0.113. The minimum atomic E-state index is -0.454. The Morgan fingerprint density at radius 1 is 1.23 bits per heavy atom. The van der Waals surface area contributed by atoms with Crippen LogP contribution in [-0.2, 0) is 14.3 Å². The van der Waals surface area contributed by atoms with Crippen molar-refractivity contribution in [3.05, 3.63) is 29.8 Å². The van der Waals surface area contributed by atoms with Gasteiger partial charge in [0.2, 0.25) is 11.9 Å². The van der Waals surface area contributed by atoms with Crippen LogP contribution in [0.15, 0.2) is 29.4 Å². The van der Waals surface area contributed by atoms with Crippen molar-refractivity contribution in [2.24, 2.45) is 0 Å². The number of carbonyl (C=O) groups excluding carboxylic acids is 2. The minimum Gasteiger partial charge on any atom is -0.462 e. The molecule has 0 atom stereocenters. The van der Waals surface area contributed by atoms with Gasteiger partial charge in [-0.2, -0.15) is 0 Å². The van der Waals surface area contributed by atoms with Gasteiger partial charge in [0.05, 0.1) is 36.8 Å². The molecule has 0 bridgehead atoms. The summed E-state index contributed by atoms with van der Waals surface area (Å²) in [5.74, 6) is 0.363. The van der Waals surface area contributed by atoms with Gasteiger partial charge in [-0.1, -0.05) is 23.9 Å². The second-order valence-corrected chi connectivity index (χ2v) is 8.03. The summed E-state index contributed by atoms with van der Waals surface area (Å²) >= 11 is 1.36. The smallest absolute Gasteiger partial charge is 0.340 e. The summed E-state index contributed by atoms with van der Waals surface area (Å²) < 4.78 is 12.6. The van der Waals surface area contributed by atoms with Crippen molar-refractivity contribution < 1.29 is 19.1 Å². The number of amides is 1. The van der Waals surface area contributed by atoms with Crippen molar-refractivity contribution in [1.29, 1.82) is 0 Å². The standard InChI is InChI=1S/C20H25N5O4S/c1-2-29-18(27)15-5-3-4-6-16(15)21-17(26)13-30-20-23-22-19(25(20)14-7-8-14)24-9-11-28-12-10-24/h3-6,14H,2,7-13H2,1H3,(H,21,26). The van der Waals surface area contributed by atoms with Gasteiger partial charge in [-0.25, -0.2) is 4.79 Å². The summed E-state index contributed by atoms with van der Waals surface area (Å²) in [5.41, 5.74) is 0.785. The summed E-state index contributed by atoms with van der Waals surface area (Å²) in [6.45, 7) is 4.97. The maximum atomic E-state index is 12.6. The molecule has 2 aliphatic rings. The number of thioether (sulfide) groups is 1. The lowest BCUT2D eigenvalue weighted by Gasteiger charge is -2.27. The van der Waals surface area contributed by atoms with Crippen LogP contribution in [0.1, 0.15) is 36.2 Å². The van der Waals surface area contributed by atoms with E-state index in [4.69, 9.17) is 9.47 Å². The Hall–Kier alpha value is -2.59. The predicted octanol–water partition coefficient (Wildman–Crippen LogP) is 2.36. The van der Waals surface area contributed by atoms with E-state index in [2.05, 4.69) is 25.0 Å². The molecule has 0 unspecified atom stereocenters. The largest absolute Gasteiger partial charge is 0.462 e. The van der Waals surface area contributed by atoms with Crippen molar-refractivity contribution in [2.75, 3.05) is 48.9 Å². The maximum absolute atomic E-state index is 12.6. The Labute approximate surface area is 179 Å². The predicted molar refractivity (Wildman–Crippen MR) is 113 cm³/mol. The molecule has 9 nitrogen and oxygen atoms in total. The molecule has 1 aromatic carbocycles. The fourth-order valence-electron chi connectivity index (χ4n) is 3.29. The second kappa shape index (κ2) is 9.48. The number of morpholine rings is 1. The van der Waals surface area contributed by atoms with Crippen molar-refractivity contribution in [3.63, 3.8) is 0 Å². The van der Waals surface area contributed by atoms with Crippen molar-refractivity contribution >= 4 is 35.3 Å². The molecule has 0 radical (unpaired) electrons. The van der Waals surface area contributed by atoms with Crippen LogP contribution in [0.2, 0.25) is 0 Å². The number of anilines is 2. The lowest BCUT2D eigenvalue weighted by atomic mass is 10.2. The van der Waals surface area contributed by atoms with Crippen molar-refractivity contribution in [3.8, 4) is 0 Å². The van der Waals surface area contributed by atoms with Gasteiger partial charge in [0.15, 0.2) is 5.16 Å². The fraction of sp³-hybridized carbons (Fsp3) is 0.500. The van der Waals surface area contributed by atoms with Crippen LogP contribution in [0.3, 0.4) is 0 Å². The van der Waals surface area contributed by atoms with E-state index in [0.717, 1.165) is 37.0 Å². The average Bonchev–Trinajstić information content (AvgIpc) is 3.52. The number of rotatable bonds is 8. The minimum absolute atomic E-state index is 0.172. The molecular weight excluding hydrogens is 406 g/mol. The summed E-state index contributed by atoms with van der Waals surface area (Å²) in [7, 11) is 0. The number of nitrogens with zero attached hydrogens (tertiary/aromatic N) is 4. The normalized spacial score (nSPS) is 16.4. The van der Waals surface area contributed by atoms with E-state index in [1.165, 1.54) is 11.8 Å². The van der Waals surface area contributed by atoms with Crippen LogP contribution in [0, 0.1) is 0 Å². The van der Waals surface area contributed by atoms with Crippen LogP contribution in [-0.4, -0.2) is 65.3 Å². The van der Waals surface area contributed by atoms with Crippen LogP contribution in [0.5, 0.6) is 0 Å². The monoisotopic (exact) mass is 431 g/mol. The molecule has 1 aromatic heterocycles. The molecule has 4 rings (SSSR count). The first-order valence-corrected chi connectivity index (χ1v) is 11.1. The Morgan fingerprint density at radius 2 is 2.00 bits per heavy atom. The van der Waals surface area contributed by atoms with E-state index in [-0.39, 0.29) is 18.3 Å². The number of hydrogen-bond donors (Lipinski definition) is 1. The van der Waals surface area contributed by atoms with Gasteiger partial charge in [0, 0.05) is 19.1 Å². The van der Waals surface area contributed by atoms with Gasteiger partial charge in [0.25, 0.3) is 0 Å². The fourth-order valence-corrected chi connectivity index (χ4v) is 4.10. The lowest BCUT2D eigenvalue weighted by Crippen LogP contribution is -2.38. The van der Waals surface area contributed by atoms with Gasteiger partial charge in [-0.3, -0.25) is 9.36 Å². The molecule has 2 aromatic rings. The van der Waals surface area contributed by atoms with E-state index in [9.17, 15) is 9.59 Å². The van der Waals surface area contributed by atoms with Crippen molar-refractivity contribution in [1.82, 2.24) is 14.8 Å². The molecule has 1 amide bonds. The quantitative estimate of drug-likeness (QED) is 0.502. The third kappa shape index (κ3) is 4.76. The van der Waals surface area contributed by atoms with E-state index in [1.54, 1.807) is 31.2 Å². The number of aromatic nitrogens is 3. The maximum Gasteiger partial charge on any atom is 0.340 e. The molecule has 2 fully saturated rings. The number of carbonyl (C=O) groups is 2. The topological polar surface area (TPSA) is 98.6 Å². The second-order valence-electron chi connectivity index (χ2n) is 7.09. The van der Waals surface area contributed by atoms with Crippen LogP contribution >= 0.6 is 11.8 Å². The van der Waals surface area contributed by atoms with E-state index >= 15 is 0 Å². The molecule has 10 heteroatoms. The number of para-hydroxylation sites is 1. The number of esters is 1. The Kier molecular flexibility index (Phi) is 6.53. The molecule has 1 aliphatic carbocycles. The van der Waals surface area contributed by atoms with E-state index < -0.39 is 5.97 Å². The van der Waals surface area contributed by atoms with Gasteiger partial charge >= 0.3 is 5.97 Å². The van der Waals surface area contributed by atoms with E-state index in [0.29, 0.717) is 30.5 Å². The van der Waals surface area contributed by atoms with Crippen molar-refractivity contribution in [2.45, 2.75) is 31.0 Å². The molecule has 1 saturated heterocycles. The van der Waals surface area contributed by atoms with Gasteiger partial charge in [0.1, 0.15) is 0 Å². The summed E-state index contributed by atoms with van der Waals surface area (Å²) in [5, 5.41) is 12.3. The van der Waals surface area contributed by atoms with Gasteiger partial charge in [-0.15, -0.1) is 10.2 Å². The molecule has 0 spiro atoms. The summed E-state index contributed by atoms with van der Waals surface area (Å²) in [6, 6.07) is 7.23. The molecule has 160 valence electrons. The average molecular weight is 432 g/mol. The highest BCUT2D eigenvalue weighted by atomic mass is 32.2. The number of hydrogen-bond acceptors (Lipinski definition) is 8. The molecule has 2 heterocycles. The molecule has 1 saturated carbocycles. The van der Waals surface area contributed by atoms with Crippen LogP contribution in [0.4, 0.5) is 11.6 Å². The first-order valence-electron chi connectivity index (χ1n) is 10.1. The zero-order valence-corrected chi connectivity index (χ0v) is 17.7. The van der Waals surface area contributed by atoms with Gasteiger partial charge in [-0.05, 0) is 31.9 Å². The third-order valence-electron chi connectivity index (χ3n) is 4.88. The third-order valence-corrected chi connectivity index (χ3v) is 5.82. The number of ether oxygens (including phenoxy) is 2. The highest BCUT2D eigenvalue weighted by molar-refractivity contribution is 7.99. The summed E-state index contributed by atoms with van der Waals surface area (Å²) in [6.07, 6.45) is 2.20. The Bertz CT molecular complexity index is 908. The highest BCUT2D eigenvalue weighted by Crippen LogP contribution is 2.41. The number of nitrogens with one attached hydrogen (secondary N) is 1. The first kappa shape index (κ1) is 20.7. The highest BCUT2D eigenvalue weighted by Gasteiger charge is 2.32. The molecule has 1 aliphatic heterocycles. The van der Waals surface area contributed by atoms with Crippen LogP contribution in [0.25, 0.3) is 0 Å². The first-order chi connectivity index (χ1) is 14.7. The van der Waals surface area contributed by atoms with Gasteiger partial charge < -0.3 is 19.7 Å². The van der Waals surface area contributed by atoms with E-state index in [1.807, 2.05) is 0 Å². The summed E-state index contributed by atoms with van der Waals surface area (Å²) in [4.78, 5) is 26.8. The zero-order valence-electron chi connectivity index (χ0n) is 16.9. The SMILES string of the molecule is CCOC(=O)c1ccccc1NC(=O)CSc1nnc(N2CCOCC2)n1C1CC1. The van der Waals surface area contributed by atoms with Crippen LogP contribution < -0.4 is 10.2 Å². The Balaban J connectivity index is 1.41. The molecular formula is C20H25N5O4S. The molecule has 1 N–H and O–H groups in total. The number of benzene rings is 1. The Morgan fingerprint density at radius 3 is 2.73 bits per heavy atom. The molecule has 30 heavy (non-hydrogen) atoms. The zero-order chi connectivity index (χ0) is 20.9.